The summed E-state index contributed by atoms with van der Waals surface area (Å²) in [5.74, 6) is 3.33. The summed E-state index contributed by atoms with van der Waals surface area (Å²) in [4.78, 5) is 13.1. The third-order valence-electron chi connectivity index (χ3n) is 7.86. The minimum atomic E-state index is -0.154. The van der Waals surface area contributed by atoms with Crippen LogP contribution in [0.3, 0.4) is 0 Å². The molecule has 0 heterocycles. The van der Waals surface area contributed by atoms with Gasteiger partial charge in [-0.1, -0.05) is 51.9 Å². The van der Waals surface area contributed by atoms with Crippen LogP contribution < -0.4 is 10.2 Å². The molecule has 2 unspecified atom stereocenters. The van der Waals surface area contributed by atoms with Crippen molar-refractivity contribution in [3.8, 4) is 5.75 Å². The average molecular weight is 425 g/mol. The number of fused-ring (bicyclic) bond motifs is 1. The van der Waals surface area contributed by atoms with E-state index in [4.69, 9.17) is 4.74 Å². The summed E-state index contributed by atoms with van der Waals surface area (Å²) in [7, 11) is 0. The molecule has 1 amide bonds. The van der Waals surface area contributed by atoms with Gasteiger partial charge in [0.05, 0.1) is 18.2 Å². The van der Waals surface area contributed by atoms with Crippen LogP contribution in [0, 0.1) is 23.2 Å². The Morgan fingerprint density at radius 1 is 1.00 bits per heavy atom. The zero-order valence-electron chi connectivity index (χ0n) is 19.3. The van der Waals surface area contributed by atoms with Crippen LogP contribution in [-0.4, -0.2) is 18.7 Å². The Hall–Kier alpha value is -1.84. The first-order valence-electron chi connectivity index (χ1n) is 12.7. The van der Waals surface area contributed by atoms with E-state index >= 15 is 0 Å². The monoisotopic (exact) mass is 424 g/mol. The highest BCUT2D eigenvalue weighted by Gasteiger charge is 2.52. The molecule has 5 rings (SSSR count). The van der Waals surface area contributed by atoms with Crippen molar-refractivity contribution < 1.29 is 9.53 Å². The number of hydrogen-bond donors (Lipinski definition) is 1. The smallest absolute Gasteiger partial charge is 0.246 e. The van der Waals surface area contributed by atoms with Gasteiger partial charge >= 0.3 is 0 Å². The van der Waals surface area contributed by atoms with E-state index in [2.05, 4.69) is 17.5 Å². The van der Waals surface area contributed by atoms with Crippen LogP contribution in [0.15, 0.2) is 29.4 Å². The van der Waals surface area contributed by atoms with Crippen LogP contribution in [0.1, 0.15) is 96.0 Å². The van der Waals surface area contributed by atoms with Crippen LogP contribution in [0.2, 0.25) is 0 Å². The molecular formula is C27H40N2O2. The van der Waals surface area contributed by atoms with Gasteiger partial charge in [0, 0.05) is 0 Å². The molecular weight excluding hydrogens is 384 g/mol. The van der Waals surface area contributed by atoms with Crippen molar-refractivity contribution in [2.45, 2.75) is 90.4 Å². The number of amides is 1. The molecule has 4 aliphatic carbocycles. The van der Waals surface area contributed by atoms with Crippen molar-refractivity contribution in [3.05, 3.63) is 29.8 Å². The van der Waals surface area contributed by atoms with Gasteiger partial charge in [0.15, 0.2) is 0 Å². The summed E-state index contributed by atoms with van der Waals surface area (Å²) in [6, 6.07) is 7.98. The number of hydrazone groups is 1. The predicted octanol–water partition coefficient (Wildman–Crippen LogP) is 6.48. The quantitative estimate of drug-likeness (QED) is 0.251. The summed E-state index contributed by atoms with van der Waals surface area (Å²) in [6.45, 7) is 3.02. The van der Waals surface area contributed by atoms with E-state index in [1.165, 1.54) is 57.8 Å². The van der Waals surface area contributed by atoms with Gasteiger partial charge in [0.25, 0.3) is 0 Å². The Bertz CT molecular complexity index is 726. The van der Waals surface area contributed by atoms with Crippen LogP contribution in [-0.2, 0) is 4.79 Å². The highest BCUT2D eigenvalue weighted by atomic mass is 16.5. The molecule has 2 atom stereocenters. The Balaban J connectivity index is 1.21. The van der Waals surface area contributed by atoms with Gasteiger partial charge in [0.1, 0.15) is 5.75 Å². The van der Waals surface area contributed by atoms with Gasteiger partial charge < -0.3 is 4.74 Å². The minimum absolute atomic E-state index is 0.154. The maximum Gasteiger partial charge on any atom is 0.246 e. The summed E-state index contributed by atoms with van der Waals surface area (Å²) in [5, 5.41) is 4.30. The average Bonchev–Trinajstić information content (AvgIpc) is 2.99. The fourth-order valence-corrected chi connectivity index (χ4v) is 6.48. The number of ether oxygens (including phenoxy) is 1. The van der Waals surface area contributed by atoms with Crippen molar-refractivity contribution >= 4 is 12.1 Å². The molecule has 0 saturated heterocycles. The molecule has 4 nitrogen and oxygen atoms in total. The lowest BCUT2D eigenvalue weighted by Crippen LogP contribution is -2.47. The normalized spacial score (nSPS) is 29.3. The Kier molecular flexibility index (Phi) is 7.68. The molecule has 1 aromatic rings. The molecule has 0 aromatic heterocycles. The van der Waals surface area contributed by atoms with Crippen molar-refractivity contribution in [2.75, 3.05) is 6.61 Å². The third kappa shape index (κ3) is 5.90. The van der Waals surface area contributed by atoms with Gasteiger partial charge in [-0.2, -0.15) is 5.10 Å². The first-order chi connectivity index (χ1) is 15.2. The Morgan fingerprint density at radius 3 is 2.35 bits per heavy atom. The fourth-order valence-electron chi connectivity index (χ4n) is 6.48. The van der Waals surface area contributed by atoms with Crippen molar-refractivity contribution in [3.63, 3.8) is 0 Å². The Morgan fingerprint density at radius 2 is 1.65 bits per heavy atom. The molecule has 1 aromatic carbocycles. The summed E-state index contributed by atoms with van der Waals surface area (Å²) in [6.07, 6.45) is 18.0. The van der Waals surface area contributed by atoms with Crippen molar-refractivity contribution in [1.82, 2.24) is 5.43 Å². The number of unbranched alkanes of at least 4 members (excludes halogenated alkanes) is 5. The molecule has 4 saturated carbocycles. The molecule has 0 aliphatic heterocycles. The second kappa shape index (κ2) is 10.7. The van der Waals surface area contributed by atoms with Crippen LogP contribution in [0.25, 0.3) is 0 Å². The summed E-state index contributed by atoms with van der Waals surface area (Å²) >= 11 is 0. The van der Waals surface area contributed by atoms with E-state index in [-0.39, 0.29) is 11.3 Å². The number of rotatable bonds is 11. The van der Waals surface area contributed by atoms with Crippen molar-refractivity contribution in [1.29, 1.82) is 0 Å². The topological polar surface area (TPSA) is 50.7 Å². The first-order valence-corrected chi connectivity index (χ1v) is 12.7. The molecule has 0 spiro atoms. The minimum Gasteiger partial charge on any atom is -0.494 e. The molecule has 4 aliphatic rings. The van der Waals surface area contributed by atoms with Crippen LogP contribution in [0.4, 0.5) is 0 Å². The molecule has 1 N–H and O–H groups in total. The zero-order chi connectivity index (χ0) is 21.5. The highest BCUT2D eigenvalue weighted by molar-refractivity contribution is 5.85. The number of carbonyl (C=O) groups is 1. The van der Waals surface area contributed by atoms with E-state index < -0.39 is 0 Å². The molecule has 4 bridgehead atoms. The van der Waals surface area contributed by atoms with Gasteiger partial charge in [-0.05, 0) is 86.1 Å². The highest BCUT2D eigenvalue weighted by Crippen LogP contribution is 2.57. The van der Waals surface area contributed by atoms with Gasteiger partial charge in [0.2, 0.25) is 5.91 Å². The van der Waals surface area contributed by atoms with E-state index in [0.717, 1.165) is 61.4 Å². The SMILES string of the molecule is CCCCCCCCOc1ccc(C=NNC(=O)C23CC4CCC(CC(C4)C2)C3)cc1. The van der Waals surface area contributed by atoms with E-state index in [1.807, 2.05) is 24.3 Å². The fraction of sp³-hybridized carbons (Fsp3) is 0.704. The third-order valence-corrected chi connectivity index (χ3v) is 7.86. The van der Waals surface area contributed by atoms with Gasteiger partial charge in [-0.15, -0.1) is 0 Å². The molecule has 170 valence electrons. The summed E-state index contributed by atoms with van der Waals surface area (Å²) in [5.41, 5.74) is 3.72. The lowest BCUT2D eigenvalue weighted by atomic mass is 9.58. The number of benzene rings is 1. The molecule has 4 fully saturated rings. The first kappa shape index (κ1) is 22.4. The second-order valence-electron chi connectivity index (χ2n) is 10.4. The van der Waals surface area contributed by atoms with Crippen molar-refractivity contribution in [2.24, 2.45) is 28.3 Å². The number of carbonyl (C=O) groups excluding carboxylic acids is 1. The molecule has 31 heavy (non-hydrogen) atoms. The van der Waals surface area contributed by atoms with Crippen LogP contribution in [0.5, 0.6) is 5.75 Å². The van der Waals surface area contributed by atoms with Crippen LogP contribution >= 0.6 is 0 Å². The lowest BCUT2D eigenvalue weighted by Gasteiger charge is -2.46. The molecule has 4 heteroatoms. The predicted molar refractivity (Wildman–Crippen MR) is 126 cm³/mol. The van der Waals surface area contributed by atoms with E-state index in [1.54, 1.807) is 6.21 Å². The molecule has 0 radical (unpaired) electrons. The number of nitrogens with zero attached hydrogens (tertiary/aromatic N) is 1. The van der Waals surface area contributed by atoms with E-state index in [0.29, 0.717) is 0 Å². The van der Waals surface area contributed by atoms with E-state index in [9.17, 15) is 4.79 Å². The standard InChI is InChI=1S/C27H40N2O2/c1-2-3-4-5-6-7-14-31-25-12-10-21(11-13-25)20-28-29-26(30)27-17-22-8-9-23(18-27)16-24(15-22)19-27/h10-13,20,22-24H,2-9,14-19H2,1H3,(H,29,30). The largest absolute Gasteiger partial charge is 0.494 e. The number of hydrogen-bond acceptors (Lipinski definition) is 3. The zero-order valence-corrected chi connectivity index (χ0v) is 19.3. The number of nitrogens with one attached hydrogen (secondary N) is 1. The maximum absolute atomic E-state index is 13.1. The summed E-state index contributed by atoms with van der Waals surface area (Å²) < 4.78 is 5.85. The second-order valence-corrected chi connectivity index (χ2v) is 10.4. The van der Waals surface area contributed by atoms with Gasteiger partial charge in [-0.3, -0.25) is 4.79 Å². The lowest BCUT2D eigenvalue weighted by molar-refractivity contribution is -0.138. The van der Waals surface area contributed by atoms with Gasteiger partial charge in [-0.25, -0.2) is 5.43 Å². The Labute approximate surface area is 188 Å². The maximum atomic E-state index is 13.1.